The van der Waals surface area contributed by atoms with Gasteiger partial charge in [-0.05, 0) is 37.4 Å². The minimum atomic E-state index is -1.71. The largest absolute Gasteiger partial charge is 0.465 e. The number of allylic oxidation sites excluding steroid dienone is 2. The van der Waals surface area contributed by atoms with Gasteiger partial charge in [0.1, 0.15) is 5.78 Å². The highest BCUT2D eigenvalue weighted by atomic mass is 28.4. The average molecular weight is 501 g/mol. The van der Waals surface area contributed by atoms with E-state index >= 15 is 0 Å². The monoisotopic (exact) mass is 500 g/mol. The van der Waals surface area contributed by atoms with Crippen LogP contribution in [0.1, 0.15) is 59.8 Å². The van der Waals surface area contributed by atoms with Gasteiger partial charge in [0.05, 0.1) is 59.3 Å². The summed E-state index contributed by atoms with van der Waals surface area (Å²) in [5.74, 6) is 0.122. The van der Waals surface area contributed by atoms with Gasteiger partial charge in [-0.25, -0.2) is 0 Å². The van der Waals surface area contributed by atoms with Gasteiger partial charge >= 0.3 is 5.97 Å². The zero-order valence-electron chi connectivity index (χ0n) is 22.4. The van der Waals surface area contributed by atoms with Gasteiger partial charge < -0.3 is 23.4 Å². The molecule has 0 spiro atoms. The zero-order valence-corrected chi connectivity index (χ0v) is 23.4. The Labute approximate surface area is 208 Å². The van der Waals surface area contributed by atoms with Gasteiger partial charge in [-0.3, -0.25) is 9.59 Å². The molecule has 1 saturated carbocycles. The molecule has 1 fully saturated rings. The molecule has 2 atom stereocenters. The number of rotatable bonds is 18. The van der Waals surface area contributed by atoms with Gasteiger partial charge in [-0.15, -0.1) is 0 Å². The highest BCUT2D eigenvalue weighted by molar-refractivity contribution is 6.74. The van der Waals surface area contributed by atoms with E-state index < -0.39 is 8.32 Å². The molecule has 0 aromatic carbocycles. The van der Waals surface area contributed by atoms with E-state index in [0.717, 1.165) is 19.3 Å². The first-order valence-corrected chi connectivity index (χ1v) is 15.7. The third-order valence-corrected chi connectivity index (χ3v) is 11.2. The van der Waals surface area contributed by atoms with E-state index in [0.29, 0.717) is 59.3 Å². The zero-order chi connectivity index (χ0) is 25.5. The van der Waals surface area contributed by atoms with Crippen LogP contribution in [0.2, 0.25) is 18.1 Å². The number of ketones is 1. The number of ether oxygens (including phenoxy) is 4. The van der Waals surface area contributed by atoms with Crippen molar-refractivity contribution in [1.29, 1.82) is 0 Å². The van der Waals surface area contributed by atoms with Crippen LogP contribution in [0.5, 0.6) is 0 Å². The lowest BCUT2D eigenvalue weighted by molar-refractivity contribution is -0.147. The Kier molecular flexibility index (Phi) is 15.1. The summed E-state index contributed by atoms with van der Waals surface area (Å²) in [6.45, 7) is 16.9. The van der Waals surface area contributed by atoms with Crippen molar-refractivity contribution in [2.75, 3.05) is 52.9 Å². The molecule has 0 amide bonds. The first kappa shape index (κ1) is 31.0. The molecule has 0 aromatic heterocycles. The second kappa shape index (κ2) is 16.6. The van der Waals surface area contributed by atoms with Gasteiger partial charge in [0.2, 0.25) is 0 Å². The van der Waals surface area contributed by atoms with Crippen LogP contribution in [0.25, 0.3) is 0 Å². The molecule has 1 aliphatic carbocycles. The van der Waals surface area contributed by atoms with Crippen molar-refractivity contribution in [3.63, 3.8) is 0 Å². The number of Topliss-reactive ketones (excluding diaryl/α,β-unsaturated/α-hetero) is 1. The second-order valence-electron chi connectivity index (χ2n) is 10.4. The van der Waals surface area contributed by atoms with Crippen LogP contribution in [-0.4, -0.2) is 72.9 Å². The van der Waals surface area contributed by atoms with E-state index in [2.05, 4.69) is 52.9 Å². The molecule has 0 bridgehead atoms. The topological polar surface area (TPSA) is 80.3 Å². The molecule has 1 rings (SSSR count). The first-order valence-electron chi connectivity index (χ1n) is 12.8. The number of esters is 1. The van der Waals surface area contributed by atoms with Gasteiger partial charge in [-0.2, -0.15) is 0 Å². The molecule has 0 saturated heterocycles. The molecule has 0 N–H and O–H groups in total. The van der Waals surface area contributed by atoms with E-state index in [1.54, 1.807) is 0 Å². The molecule has 198 valence electrons. The lowest BCUT2D eigenvalue weighted by Crippen LogP contribution is -2.41. The van der Waals surface area contributed by atoms with E-state index in [1.807, 2.05) is 0 Å². The standard InChI is InChI=1S/C26H48O7Si/c1-7-8-9-10-23-22(11-12-24(23)27)21-32-25(28)13-14-29-15-16-30-17-18-31-19-20-33-34(5,6)26(2,3)4/h8-9,22-23H,7,10-21H2,1-6H3/b9-8-. The summed E-state index contributed by atoms with van der Waals surface area (Å²) in [7, 11) is -1.71. The van der Waals surface area contributed by atoms with E-state index in [4.69, 9.17) is 23.4 Å². The van der Waals surface area contributed by atoms with Crippen molar-refractivity contribution < 1.29 is 33.0 Å². The third kappa shape index (κ3) is 12.6. The van der Waals surface area contributed by atoms with Gasteiger partial charge in [0, 0.05) is 18.3 Å². The third-order valence-electron chi connectivity index (χ3n) is 6.69. The van der Waals surface area contributed by atoms with E-state index in [-0.39, 0.29) is 35.0 Å². The Bertz CT molecular complexity index is 613. The molecule has 0 aromatic rings. The van der Waals surface area contributed by atoms with Crippen LogP contribution in [0, 0.1) is 11.8 Å². The Morgan fingerprint density at radius 1 is 0.971 bits per heavy atom. The molecule has 2 unspecified atom stereocenters. The Balaban J connectivity index is 1.97. The first-order chi connectivity index (χ1) is 16.1. The van der Waals surface area contributed by atoms with Crippen molar-refractivity contribution in [3.05, 3.63) is 12.2 Å². The quantitative estimate of drug-likeness (QED) is 0.114. The summed E-state index contributed by atoms with van der Waals surface area (Å²) in [5, 5.41) is 0.206. The number of hydrogen-bond donors (Lipinski definition) is 0. The molecule has 7 nitrogen and oxygen atoms in total. The minimum absolute atomic E-state index is 0.0160. The van der Waals surface area contributed by atoms with Crippen LogP contribution in [-0.2, 0) is 33.0 Å². The molecular formula is C26H48O7Si. The fourth-order valence-electron chi connectivity index (χ4n) is 3.45. The Hall–Kier alpha value is -1.06. The van der Waals surface area contributed by atoms with Crippen molar-refractivity contribution >= 4 is 20.1 Å². The van der Waals surface area contributed by atoms with Gasteiger partial charge in [-0.1, -0.05) is 39.8 Å². The summed E-state index contributed by atoms with van der Waals surface area (Å²) in [6, 6.07) is 0. The van der Waals surface area contributed by atoms with Crippen molar-refractivity contribution in [2.45, 2.75) is 77.9 Å². The maximum atomic E-state index is 12.1. The predicted octanol–water partition coefficient (Wildman–Crippen LogP) is 4.94. The molecule has 1 aliphatic rings. The van der Waals surface area contributed by atoms with Crippen LogP contribution in [0.15, 0.2) is 12.2 Å². The van der Waals surface area contributed by atoms with Crippen LogP contribution in [0.3, 0.4) is 0 Å². The fourth-order valence-corrected chi connectivity index (χ4v) is 4.48. The molecule has 34 heavy (non-hydrogen) atoms. The lowest BCUT2D eigenvalue weighted by Gasteiger charge is -2.36. The van der Waals surface area contributed by atoms with Gasteiger partial charge in [0.25, 0.3) is 0 Å². The molecular weight excluding hydrogens is 452 g/mol. The maximum Gasteiger partial charge on any atom is 0.308 e. The normalized spacial score (nSPS) is 19.3. The summed E-state index contributed by atoms with van der Waals surface area (Å²) in [4.78, 5) is 24.0. The van der Waals surface area contributed by atoms with Crippen molar-refractivity contribution in [1.82, 2.24) is 0 Å². The Morgan fingerprint density at radius 3 is 2.15 bits per heavy atom. The fraction of sp³-hybridized carbons (Fsp3) is 0.846. The highest BCUT2D eigenvalue weighted by Crippen LogP contribution is 2.36. The summed E-state index contributed by atoms with van der Waals surface area (Å²) < 4.78 is 27.9. The van der Waals surface area contributed by atoms with Crippen molar-refractivity contribution in [2.24, 2.45) is 11.8 Å². The number of carbonyl (C=O) groups is 2. The molecule has 0 radical (unpaired) electrons. The maximum absolute atomic E-state index is 12.1. The highest BCUT2D eigenvalue weighted by Gasteiger charge is 2.37. The molecule has 0 heterocycles. The summed E-state index contributed by atoms with van der Waals surface area (Å²) in [5.41, 5.74) is 0. The number of hydrogen-bond acceptors (Lipinski definition) is 7. The smallest absolute Gasteiger partial charge is 0.308 e. The SMILES string of the molecule is CC/C=C\CC1C(=O)CCC1COC(=O)CCOCCOCCOCCO[Si](C)(C)C(C)(C)C. The summed E-state index contributed by atoms with van der Waals surface area (Å²) in [6.07, 6.45) is 7.45. The lowest BCUT2D eigenvalue weighted by atomic mass is 9.92. The van der Waals surface area contributed by atoms with E-state index in [1.165, 1.54) is 0 Å². The van der Waals surface area contributed by atoms with E-state index in [9.17, 15) is 9.59 Å². The molecule has 0 aliphatic heterocycles. The number of carbonyl (C=O) groups excluding carboxylic acids is 2. The second-order valence-corrected chi connectivity index (χ2v) is 15.2. The Morgan fingerprint density at radius 2 is 1.56 bits per heavy atom. The van der Waals surface area contributed by atoms with Crippen LogP contribution in [0.4, 0.5) is 0 Å². The predicted molar refractivity (Wildman–Crippen MR) is 136 cm³/mol. The minimum Gasteiger partial charge on any atom is -0.465 e. The van der Waals surface area contributed by atoms with Crippen LogP contribution < -0.4 is 0 Å². The summed E-state index contributed by atoms with van der Waals surface area (Å²) >= 11 is 0. The van der Waals surface area contributed by atoms with Crippen molar-refractivity contribution in [3.8, 4) is 0 Å². The molecule has 8 heteroatoms. The average Bonchev–Trinajstić information content (AvgIpc) is 3.11. The van der Waals surface area contributed by atoms with Crippen LogP contribution >= 0.6 is 0 Å². The van der Waals surface area contributed by atoms with Gasteiger partial charge in [0.15, 0.2) is 8.32 Å².